The first-order valence-electron chi connectivity index (χ1n) is 8.44. The molecule has 0 aromatic heterocycles. The highest BCUT2D eigenvalue weighted by Gasteiger charge is 2.25. The Morgan fingerprint density at radius 3 is 2.65 bits per heavy atom. The predicted molar refractivity (Wildman–Crippen MR) is 92.4 cm³/mol. The van der Waals surface area contributed by atoms with Crippen molar-refractivity contribution in [3.05, 3.63) is 29.8 Å². The van der Waals surface area contributed by atoms with Crippen LogP contribution in [0.15, 0.2) is 24.3 Å². The van der Waals surface area contributed by atoms with Crippen molar-refractivity contribution < 1.29 is 9.53 Å². The van der Waals surface area contributed by atoms with Crippen molar-refractivity contribution in [1.29, 1.82) is 0 Å². The lowest BCUT2D eigenvalue weighted by Gasteiger charge is -2.29. The van der Waals surface area contributed by atoms with Crippen molar-refractivity contribution in [2.75, 3.05) is 26.7 Å². The number of carbonyl (C=O) groups is 1. The van der Waals surface area contributed by atoms with Crippen LogP contribution in [0.25, 0.3) is 0 Å². The molecule has 1 aromatic rings. The second-order valence-electron chi connectivity index (χ2n) is 6.55. The number of rotatable bonds is 7. The molecule has 1 unspecified atom stereocenters. The fraction of sp³-hybridized carbons (Fsp3) is 0.611. The fourth-order valence-electron chi connectivity index (χ4n) is 2.98. The molecule has 1 aliphatic rings. The summed E-state index contributed by atoms with van der Waals surface area (Å²) in [5.41, 5.74) is 7.11. The second kappa shape index (κ2) is 8.31. The van der Waals surface area contributed by atoms with Gasteiger partial charge in [-0.05, 0) is 49.5 Å². The number of amides is 1. The lowest BCUT2D eigenvalue weighted by molar-refractivity contribution is -0.123. The Morgan fingerprint density at radius 2 is 2.04 bits per heavy atom. The molecule has 1 amide bonds. The third kappa shape index (κ3) is 4.69. The maximum absolute atomic E-state index is 12.2. The van der Waals surface area contributed by atoms with Gasteiger partial charge in [-0.2, -0.15) is 0 Å². The Balaban J connectivity index is 2.09. The predicted octanol–water partition coefficient (Wildman–Crippen LogP) is 1.93. The molecule has 0 aliphatic carbocycles. The van der Waals surface area contributed by atoms with E-state index in [2.05, 4.69) is 22.3 Å². The van der Waals surface area contributed by atoms with E-state index in [1.807, 2.05) is 26.0 Å². The fourth-order valence-corrected chi connectivity index (χ4v) is 2.98. The Kier molecular flexibility index (Phi) is 6.42. The highest BCUT2D eigenvalue weighted by molar-refractivity contribution is 5.81. The lowest BCUT2D eigenvalue weighted by Crippen LogP contribution is -2.46. The molecule has 1 aromatic carbocycles. The van der Waals surface area contributed by atoms with E-state index in [1.54, 1.807) is 7.11 Å². The monoisotopic (exact) mass is 319 g/mol. The van der Waals surface area contributed by atoms with Crippen molar-refractivity contribution in [1.82, 2.24) is 10.2 Å². The first-order chi connectivity index (χ1) is 11.0. The Labute approximate surface area is 139 Å². The second-order valence-corrected chi connectivity index (χ2v) is 6.55. The van der Waals surface area contributed by atoms with Crippen molar-refractivity contribution in [3.63, 3.8) is 0 Å². The van der Waals surface area contributed by atoms with Crippen LogP contribution in [0.3, 0.4) is 0 Å². The smallest absolute Gasteiger partial charge is 0.237 e. The highest BCUT2D eigenvalue weighted by atomic mass is 16.5. The molecule has 5 nitrogen and oxygen atoms in total. The molecule has 128 valence electrons. The molecule has 1 aliphatic heterocycles. The van der Waals surface area contributed by atoms with Crippen molar-refractivity contribution in [2.24, 2.45) is 11.7 Å². The van der Waals surface area contributed by atoms with Gasteiger partial charge in [0.05, 0.1) is 19.2 Å². The standard InChI is InChI=1S/C18H29N3O2/c1-13(2)17(19)18(22)20-12-16(21-9-4-5-10-21)14-7-6-8-15(11-14)23-3/h6-8,11,13,16-17H,4-5,9-10,12,19H2,1-3H3,(H,20,22)/t16?,17-/m0/s1. The van der Waals surface area contributed by atoms with Crippen LogP contribution in [0.4, 0.5) is 0 Å². The van der Waals surface area contributed by atoms with E-state index in [9.17, 15) is 4.79 Å². The number of benzene rings is 1. The van der Waals surface area contributed by atoms with Crippen LogP contribution >= 0.6 is 0 Å². The summed E-state index contributed by atoms with van der Waals surface area (Å²) in [5, 5.41) is 3.03. The number of nitrogens with zero attached hydrogens (tertiary/aromatic N) is 1. The van der Waals surface area contributed by atoms with Gasteiger partial charge in [-0.15, -0.1) is 0 Å². The van der Waals surface area contributed by atoms with Crippen LogP contribution in [-0.2, 0) is 4.79 Å². The number of methoxy groups -OCH3 is 1. The van der Waals surface area contributed by atoms with Crippen LogP contribution < -0.4 is 15.8 Å². The molecule has 23 heavy (non-hydrogen) atoms. The number of ether oxygens (including phenoxy) is 1. The third-order valence-electron chi connectivity index (χ3n) is 4.55. The minimum atomic E-state index is -0.459. The van der Waals surface area contributed by atoms with Gasteiger partial charge in [-0.1, -0.05) is 26.0 Å². The van der Waals surface area contributed by atoms with E-state index >= 15 is 0 Å². The van der Waals surface area contributed by atoms with E-state index in [0.717, 1.165) is 18.8 Å². The molecule has 0 bridgehead atoms. The summed E-state index contributed by atoms with van der Waals surface area (Å²) >= 11 is 0. The van der Waals surface area contributed by atoms with Gasteiger partial charge < -0.3 is 15.8 Å². The van der Waals surface area contributed by atoms with Gasteiger partial charge in [-0.25, -0.2) is 0 Å². The zero-order valence-corrected chi connectivity index (χ0v) is 14.4. The summed E-state index contributed by atoms with van der Waals surface area (Å²) in [6.45, 7) is 6.63. The van der Waals surface area contributed by atoms with E-state index < -0.39 is 6.04 Å². The largest absolute Gasteiger partial charge is 0.497 e. The summed E-state index contributed by atoms with van der Waals surface area (Å²) in [4.78, 5) is 14.6. The molecule has 2 rings (SSSR count). The van der Waals surface area contributed by atoms with Gasteiger partial charge in [0.2, 0.25) is 5.91 Å². The minimum Gasteiger partial charge on any atom is -0.497 e. The summed E-state index contributed by atoms with van der Waals surface area (Å²) < 4.78 is 5.34. The minimum absolute atomic E-state index is 0.0768. The number of nitrogens with two attached hydrogens (primary N) is 1. The normalized spacial score (nSPS) is 18.0. The van der Waals surface area contributed by atoms with Crippen LogP contribution in [0.5, 0.6) is 5.75 Å². The first kappa shape index (κ1) is 17.8. The van der Waals surface area contributed by atoms with Gasteiger partial charge in [0, 0.05) is 6.54 Å². The number of carbonyl (C=O) groups excluding carboxylic acids is 1. The first-order valence-corrected chi connectivity index (χ1v) is 8.44. The van der Waals surface area contributed by atoms with E-state index in [0.29, 0.717) is 6.54 Å². The van der Waals surface area contributed by atoms with Gasteiger partial charge in [-0.3, -0.25) is 9.69 Å². The average Bonchev–Trinajstić information content (AvgIpc) is 3.08. The molecule has 3 N–H and O–H groups in total. The molecule has 5 heteroatoms. The van der Waals surface area contributed by atoms with E-state index in [4.69, 9.17) is 10.5 Å². The lowest BCUT2D eigenvalue weighted by atomic mass is 10.0. The summed E-state index contributed by atoms with van der Waals surface area (Å²) in [7, 11) is 1.67. The van der Waals surface area contributed by atoms with Crippen molar-refractivity contribution in [2.45, 2.75) is 38.8 Å². The highest BCUT2D eigenvalue weighted by Crippen LogP contribution is 2.27. The SMILES string of the molecule is COc1cccc(C(CNC(=O)[C@@H](N)C(C)C)N2CCCC2)c1. The molecule has 1 fully saturated rings. The quantitative estimate of drug-likeness (QED) is 0.806. The molecule has 0 spiro atoms. The number of hydrogen-bond donors (Lipinski definition) is 2. The van der Waals surface area contributed by atoms with E-state index in [1.165, 1.54) is 18.4 Å². The van der Waals surface area contributed by atoms with Crippen LogP contribution in [0.2, 0.25) is 0 Å². The molecule has 0 saturated carbocycles. The number of hydrogen-bond acceptors (Lipinski definition) is 4. The topological polar surface area (TPSA) is 67.6 Å². The van der Waals surface area contributed by atoms with Crippen LogP contribution in [0, 0.1) is 5.92 Å². The van der Waals surface area contributed by atoms with Crippen molar-refractivity contribution >= 4 is 5.91 Å². The maximum atomic E-state index is 12.2. The summed E-state index contributed by atoms with van der Waals surface area (Å²) in [5.74, 6) is 0.904. The van der Waals surface area contributed by atoms with Crippen molar-refractivity contribution in [3.8, 4) is 5.75 Å². The zero-order valence-electron chi connectivity index (χ0n) is 14.4. The molecule has 2 atom stereocenters. The molecular formula is C18H29N3O2. The molecule has 0 radical (unpaired) electrons. The van der Waals surface area contributed by atoms with Gasteiger partial charge in [0.1, 0.15) is 5.75 Å². The summed E-state index contributed by atoms with van der Waals surface area (Å²) in [6.07, 6.45) is 2.42. The molecule has 1 heterocycles. The molecular weight excluding hydrogens is 290 g/mol. The van der Waals surface area contributed by atoms with Gasteiger partial charge >= 0.3 is 0 Å². The molecule has 1 saturated heterocycles. The van der Waals surface area contributed by atoms with Crippen LogP contribution in [-0.4, -0.2) is 43.6 Å². The summed E-state index contributed by atoms with van der Waals surface area (Å²) in [6, 6.07) is 7.80. The van der Waals surface area contributed by atoms with Crippen LogP contribution in [0.1, 0.15) is 38.3 Å². The Hall–Kier alpha value is -1.59. The van der Waals surface area contributed by atoms with Gasteiger partial charge in [0.25, 0.3) is 0 Å². The van der Waals surface area contributed by atoms with E-state index in [-0.39, 0.29) is 17.9 Å². The third-order valence-corrected chi connectivity index (χ3v) is 4.55. The zero-order chi connectivity index (χ0) is 16.8. The number of likely N-dealkylation sites (tertiary alicyclic amines) is 1. The Bertz CT molecular complexity index is 513. The van der Waals surface area contributed by atoms with Gasteiger partial charge in [0.15, 0.2) is 0 Å². The number of nitrogens with one attached hydrogen (secondary N) is 1. The maximum Gasteiger partial charge on any atom is 0.237 e. The Morgan fingerprint density at radius 1 is 1.35 bits per heavy atom. The average molecular weight is 319 g/mol.